The Morgan fingerprint density at radius 2 is 1.79 bits per heavy atom. The number of benzene rings is 2. The number of pyridine rings is 2. The van der Waals surface area contributed by atoms with Gasteiger partial charge in [-0.25, -0.2) is 9.19 Å². The summed E-state index contributed by atoms with van der Waals surface area (Å²) in [5.41, 5.74) is 5.13. The van der Waals surface area contributed by atoms with Crippen LogP contribution in [0.1, 0.15) is 16.1 Å². The fourth-order valence-corrected chi connectivity index (χ4v) is 4.87. The van der Waals surface area contributed by atoms with E-state index >= 15 is 0 Å². The third kappa shape index (κ3) is 5.58. The van der Waals surface area contributed by atoms with E-state index in [1.54, 1.807) is 41.3 Å². The average Bonchev–Trinajstić information content (AvgIpc) is 3.28. The zero-order valence-corrected chi connectivity index (χ0v) is 22.5. The van der Waals surface area contributed by atoms with Crippen molar-refractivity contribution in [1.82, 2.24) is 19.7 Å². The molecule has 38 heavy (non-hydrogen) atoms. The van der Waals surface area contributed by atoms with Gasteiger partial charge in [0.2, 0.25) is 0 Å². The minimum Gasteiger partial charge on any atom is -0.487 e. The Hall–Kier alpha value is -4.08. The van der Waals surface area contributed by atoms with E-state index in [1.807, 2.05) is 49.6 Å². The van der Waals surface area contributed by atoms with Crippen LogP contribution in [0.5, 0.6) is 5.75 Å². The fraction of sp³-hybridized carbons (Fsp3) is 0.143. The molecule has 0 saturated heterocycles. The highest BCUT2D eigenvalue weighted by atomic mass is 35.5. The number of rotatable bonds is 6. The smallest absolute Gasteiger partial charge is 0.285 e. The van der Waals surface area contributed by atoms with Crippen molar-refractivity contribution in [3.05, 3.63) is 95.5 Å². The number of carbonyl (C=O) groups is 1. The first-order chi connectivity index (χ1) is 18.2. The fourth-order valence-electron chi connectivity index (χ4n) is 4.10. The molecule has 1 amide bonds. The van der Waals surface area contributed by atoms with Gasteiger partial charge in [0.05, 0.1) is 21.8 Å². The van der Waals surface area contributed by atoms with Gasteiger partial charge in [0.1, 0.15) is 18.1 Å². The predicted molar refractivity (Wildman–Crippen MR) is 150 cm³/mol. The number of amides is 1. The summed E-state index contributed by atoms with van der Waals surface area (Å²) in [6, 6.07) is 18.3. The monoisotopic (exact) mass is 545 g/mol. The van der Waals surface area contributed by atoms with Gasteiger partial charge in [-0.2, -0.15) is 9.46 Å². The molecule has 0 spiro atoms. The topological polar surface area (TPSA) is 99.3 Å². The largest absolute Gasteiger partial charge is 0.487 e. The van der Waals surface area contributed by atoms with Crippen LogP contribution in [0, 0.1) is 0 Å². The van der Waals surface area contributed by atoms with Crippen LogP contribution < -0.4 is 4.74 Å². The number of hydrogen-bond donors (Lipinski definition) is 0. The van der Waals surface area contributed by atoms with Crippen LogP contribution in [-0.2, 0) is 23.4 Å². The van der Waals surface area contributed by atoms with Gasteiger partial charge in [-0.3, -0.25) is 14.5 Å². The third-order valence-corrected chi connectivity index (χ3v) is 6.62. The molecule has 0 fully saturated rings. The molecule has 5 aromatic rings. The molecule has 2 aromatic carbocycles. The van der Waals surface area contributed by atoms with E-state index in [4.69, 9.17) is 16.3 Å². The summed E-state index contributed by atoms with van der Waals surface area (Å²) in [6.45, 7) is 0.113. The third-order valence-electron chi connectivity index (χ3n) is 5.70. The molecule has 0 aliphatic rings. The van der Waals surface area contributed by atoms with Crippen molar-refractivity contribution in [2.24, 2.45) is 11.4 Å². The van der Waals surface area contributed by atoms with Gasteiger partial charge in [-0.15, -0.1) is 0 Å². The molecule has 0 bridgehead atoms. The molecule has 0 aliphatic heterocycles. The summed E-state index contributed by atoms with van der Waals surface area (Å²) in [6.07, 6.45) is 8.32. The first kappa shape index (κ1) is 25.6. The number of aryl methyl sites for hydroxylation is 1. The lowest BCUT2D eigenvalue weighted by molar-refractivity contribution is 0.101. The lowest BCUT2D eigenvalue weighted by atomic mass is 10.0. The zero-order valence-electron chi connectivity index (χ0n) is 21.0. The van der Waals surface area contributed by atoms with E-state index in [9.17, 15) is 9.00 Å². The lowest BCUT2D eigenvalue weighted by Crippen LogP contribution is -2.06. The maximum atomic E-state index is 12.9. The maximum Gasteiger partial charge on any atom is 0.285 e. The maximum absolute atomic E-state index is 12.9. The molecule has 3 aromatic heterocycles. The summed E-state index contributed by atoms with van der Waals surface area (Å²) >= 11 is 6.37. The van der Waals surface area contributed by atoms with Gasteiger partial charge >= 0.3 is 0 Å². The molecular formula is C28H24ClN5O3S. The van der Waals surface area contributed by atoms with Gasteiger partial charge < -0.3 is 4.74 Å². The van der Waals surface area contributed by atoms with Crippen LogP contribution in [0.4, 0.5) is 0 Å². The Morgan fingerprint density at radius 1 is 1.05 bits per heavy atom. The number of halogens is 1. The molecular weight excluding hydrogens is 522 g/mol. The Morgan fingerprint density at radius 3 is 2.50 bits per heavy atom. The number of ether oxygens (including phenoxy) is 1. The Balaban J connectivity index is 1.41. The van der Waals surface area contributed by atoms with Gasteiger partial charge in [-0.05, 0) is 60.2 Å². The molecule has 0 aliphatic carbocycles. The van der Waals surface area contributed by atoms with E-state index in [0.29, 0.717) is 27.4 Å². The minimum absolute atomic E-state index is 0.113. The van der Waals surface area contributed by atoms with Crippen molar-refractivity contribution in [2.75, 3.05) is 12.5 Å². The van der Waals surface area contributed by atoms with E-state index in [-0.39, 0.29) is 12.2 Å². The van der Waals surface area contributed by atoms with Crippen molar-refractivity contribution in [3.63, 3.8) is 0 Å². The molecule has 0 N–H and O–H groups in total. The molecule has 10 heteroatoms. The van der Waals surface area contributed by atoms with Crippen molar-refractivity contribution < 1.29 is 13.7 Å². The van der Waals surface area contributed by atoms with Crippen molar-refractivity contribution in [2.45, 2.75) is 6.61 Å². The van der Waals surface area contributed by atoms with Crippen LogP contribution >= 0.6 is 11.6 Å². The number of carbonyl (C=O) groups excluding carboxylic acids is 1. The molecule has 8 nitrogen and oxygen atoms in total. The first-order valence-electron chi connectivity index (χ1n) is 11.6. The van der Waals surface area contributed by atoms with Gasteiger partial charge in [0, 0.05) is 64.4 Å². The minimum atomic E-state index is -2.65. The highest BCUT2D eigenvalue weighted by Gasteiger charge is 2.17. The summed E-state index contributed by atoms with van der Waals surface area (Å²) in [4.78, 5) is 21.6. The highest BCUT2D eigenvalue weighted by Crippen LogP contribution is 2.32. The second-order valence-electron chi connectivity index (χ2n) is 8.99. The quantitative estimate of drug-likeness (QED) is 0.267. The molecule has 192 valence electrons. The molecule has 0 saturated carbocycles. The molecule has 0 unspecified atom stereocenters. The standard InChI is InChI=1S/C28H24ClN5O3S/c1-34-16-23(18-11-13-30-14-12-18)27(32-34)19-7-9-21(10-8-19)37-17-20-15-22(28(35)33-38(2,3)36)26-24(29)5-4-6-25(26)31-20/h4-16H,17H2,1-3H3. The zero-order chi connectivity index (χ0) is 26.9. The second-order valence-corrected chi connectivity index (χ2v) is 11.9. The van der Waals surface area contributed by atoms with Crippen molar-refractivity contribution in [3.8, 4) is 28.1 Å². The summed E-state index contributed by atoms with van der Waals surface area (Å²) in [5.74, 6) is 0.0253. The van der Waals surface area contributed by atoms with Crippen molar-refractivity contribution in [1.29, 1.82) is 0 Å². The van der Waals surface area contributed by atoms with E-state index in [2.05, 4.69) is 19.4 Å². The van der Waals surface area contributed by atoms with E-state index in [0.717, 1.165) is 22.4 Å². The van der Waals surface area contributed by atoms with Crippen LogP contribution in [-0.4, -0.2) is 42.4 Å². The molecule has 5 rings (SSSR count). The number of hydrogen-bond acceptors (Lipinski definition) is 6. The van der Waals surface area contributed by atoms with Crippen LogP contribution in [0.3, 0.4) is 0 Å². The van der Waals surface area contributed by atoms with Crippen LogP contribution in [0.25, 0.3) is 33.3 Å². The van der Waals surface area contributed by atoms with Crippen LogP contribution in [0.2, 0.25) is 5.02 Å². The SMILES string of the molecule is Cn1cc(-c2ccncc2)c(-c2ccc(OCc3cc(C(=O)N=S(C)(C)=O)c4c(Cl)cccc4n3)cc2)n1. The molecule has 0 atom stereocenters. The predicted octanol–water partition coefficient (Wildman–Crippen LogP) is 5.80. The number of nitrogens with zero attached hydrogens (tertiary/aromatic N) is 5. The summed E-state index contributed by atoms with van der Waals surface area (Å²) < 4.78 is 23.8. The molecule has 3 heterocycles. The average molecular weight is 546 g/mol. The van der Waals surface area contributed by atoms with Crippen molar-refractivity contribution >= 4 is 38.1 Å². The van der Waals surface area contributed by atoms with Gasteiger partial charge in [-0.1, -0.05) is 17.7 Å². The van der Waals surface area contributed by atoms with E-state index < -0.39 is 15.6 Å². The molecule has 0 radical (unpaired) electrons. The lowest BCUT2D eigenvalue weighted by Gasteiger charge is -2.11. The summed E-state index contributed by atoms with van der Waals surface area (Å²) in [7, 11) is -0.757. The summed E-state index contributed by atoms with van der Waals surface area (Å²) in [5, 5.41) is 5.48. The number of fused-ring (bicyclic) bond motifs is 1. The normalized spacial score (nSPS) is 11.5. The first-order valence-corrected chi connectivity index (χ1v) is 14.4. The Kier molecular flexibility index (Phi) is 6.96. The second kappa shape index (κ2) is 10.4. The van der Waals surface area contributed by atoms with Gasteiger partial charge in [0.25, 0.3) is 5.91 Å². The highest BCUT2D eigenvalue weighted by molar-refractivity contribution is 7.92. The van der Waals surface area contributed by atoms with Gasteiger partial charge in [0.15, 0.2) is 0 Å². The van der Waals surface area contributed by atoms with Crippen LogP contribution in [0.15, 0.2) is 83.6 Å². The van der Waals surface area contributed by atoms with E-state index in [1.165, 1.54) is 12.5 Å². The Labute approximate surface area is 225 Å². The number of aromatic nitrogens is 4. The Bertz CT molecular complexity index is 1770.